The average Bonchev–Trinajstić information content (AvgIpc) is 2.90. The van der Waals surface area contributed by atoms with E-state index in [0.717, 1.165) is 11.6 Å². The van der Waals surface area contributed by atoms with Gasteiger partial charge in [-0.2, -0.15) is 13.2 Å². The lowest BCUT2D eigenvalue weighted by molar-refractivity contribution is -0.139. The first-order valence-electron chi connectivity index (χ1n) is 8.06. The third-order valence-corrected chi connectivity index (χ3v) is 4.45. The predicted octanol–water partition coefficient (Wildman–Crippen LogP) is 3.79. The molecule has 0 unspecified atom stereocenters. The van der Waals surface area contributed by atoms with E-state index in [1.54, 1.807) is 24.3 Å². The molecule has 1 heterocycles. The van der Waals surface area contributed by atoms with Crippen LogP contribution in [0.1, 0.15) is 29.0 Å². The molecule has 1 aliphatic heterocycles. The SMILES string of the molecule is CN(Cc1ccccc1C(F)(F)F)C(=O)C[C@@H]1C(=O)Nc2ccccc21. The molecule has 2 amide bonds. The monoisotopic (exact) mass is 362 g/mol. The average molecular weight is 362 g/mol. The van der Waals surface area contributed by atoms with Crippen LogP contribution in [-0.4, -0.2) is 23.8 Å². The highest BCUT2D eigenvalue weighted by Gasteiger charge is 2.35. The molecular formula is C19H17F3N2O2. The summed E-state index contributed by atoms with van der Waals surface area (Å²) < 4.78 is 39.3. The number of halogens is 3. The van der Waals surface area contributed by atoms with Crippen LogP contribution in [0.3, 0.4) is 0 Å². The highest BCUT2D eigenvalue weighted by atomic mass is 19.4. The minimum absolute atomic E-state index is 0.0205. The molecule has 0 fully saturated rings. The Labute approximate surface area is 148 Å². The summed E-state index contributed by atoms with van der Waals surface area (Å²) in [6.45, 7) is -0.176. The zero-order chi connectivity index (χ0) is 18.9. The molecule has 1 atom stereocenters. The van der Waals surface area contributed by atoms with Gasteiger partial charge in [0.15, 0.2) is 0 Å². The zero-order valence-corrected chi connectivity index (χ0v) is 14.0. The van der Waals surface area contributed by atoms with Gasteiger partial charge in [0.1, 0.15) is 0 Å². The zero-order valence-electron chi connectivity index (χ0n) is 14.0. The molecule has 0 bridgehead atoms. The predicted molar refractivity (Wildman–Crippen MR) is 90.3 cm³/mol. The van der Waals surface area contributed by atoms with E-state index in [2.05, 4.69) is 5.32 Å². The molecule has 0 aliphatic carbocycles. The van der Waals surface area contributed by atoms with Crippen LogP contribution >= 0.6 is 0 Å². The summed E-state index contributed by atoms with van der Waals surface area (Å²) in [5.74, 6) is -1.29. The molecule has 0 radical (unpaired) electrons. The fraction of sp³-hybridized carbons (Fsp3) is 0.263. The van der Waals surface area contributed by atoms with E-state index in [1.807, 2.05) is 0 Å². The van der Waals surface area contributed by atoms with Crippen molar-refractivity contribution in [3.8, 4) is 0 Å². The number of fused-ring (bicyclic) bond motifs is 1. The van der Waals surface area contributed by atoms with Crippen molar-refractivity contribution in [2.24, 2.45) is 0 Å². The third kappa shape index (κ3) is 3.56. The molecular weight excluding hydrogens is 345 g/mol. The lowest BCUT2D eigenvalue weighted by Crippen LogP contribution is -2.30. The third-order valence-electron chi connectivity index (χ3n) is 4.45. The Bertz CT molecular complexity index is 849. The second-order valence-electron chi connectivity index (χ2n) is 6.24. The van der Waals surface area contributed by atoms with Crippen molar-refractivity contribution in [2.45, 2.75) is 25.1 Å². The fourth-order valence-electron chi connectivity index (χ4n) is 3.09. The number of benzene rings is 2. The molecule has 26 heavy (non-hydrogen) atoms. The van der Waals surface area contributed by atoms with Gasteiger partial charge in [0.05, 0.1) is 11.5 Å². The van der Waals surface area contributed by atoms with Crippen molar-refractivity contribution in [1.29, 1.82) is 0 Å². The van der Waals surface area contributed by atoms with Gasteiger partial charge in [-0.25, -0.2) is 0 Å². The van der Waals surface area contributed by atoms with Gasteiger partial charge in [-0.15, -0.1) is 0 Å². The molecule has 4 nitrogen and oxygen atoms in total. The summed E-state index contributed by atoms with van der Waals surface area (Å²) in [5, 5.41) is 2.71. The number of carbonyl (C=O) groups excluding carboxylic acids is 2. The molecule has 136 valence electrons. The van der Waals surface area contributed by atoms with Crippen LogP contribution in [-0.2, 0) is 22.3 Å². The molecule has 2 aromatic rings. The molecule has 0 saturated heterocycles. The van der Waals surface area contributed by atoms with E-state index in [-0.39, 0.29) is 30.3 Å². The Balaban J connectivity index is 1.73. The van der Waals surface area contributed by atoms with Gasteiger partial charge < -0.3 is 10.2 Å². The topological polar surface area (TPSA) is 49.4 Å². The molecule has 7 heteroatoms. The number of rotatable bonds is 4. The van der Waals surface area contributed by atoms with E-state index in [4.69, 9.17) is 0 Å². The maximum atomic E-state index is 13.1. The van der Waals surface area contributed by atoms with Crippen LogP contribution in [0, 0.1) is 0 Å². The Morgan fingerprint density at radius 2 is 1.77 bits per heavy atom. The number of para-hydroxylation sites is 1. The van der Waals surface area contributed by atoms with Crippen LogP contribution < -0.4 is 5.32 Å². The van der Waals surface area contributed by atoms with Crippen LogP contribution in [0.15, 0.2) is 48.5 Å². The Morgan fingerprint density at radius 3 is 2.50 bits per heavy atom. The summed E-state index contributed by atoms with van der Waals surface area (Å²) in [6.07, 6.45) is -4.57. The maximum Gasteiger partial charge on any atom is 0.416 e. The summed E-state index contributed by atoms with van der Waals surface area (Å²) >= 11 is 0. The van der Waals surface area contributed by atoms with Crippen molar-refractivity contribution < 1.29 is 22.8 Å². The number of anilines is 1. The molecule has 0 aromatic heterocycles. The first-order chi connectivity index (χ1) is 12.3. The highest BCUT2D eigenvalue weighted by Crippen LogP contribution is 2.35. The lowest BCUT2D eigenvalue weighted by atomic mass is 9.96. The smallest absolute Gasteiger partial charge is 0.341 e. The van der Waals surface area contributed by atoms with Gasteiger partial charge >= 0.3 is 6.18 Å². The van der Waals surface area contributed by atoms with Crippen molar-refractivity contribution >= 4 is 17.5 Å². The number of carbonyl (C=O) groups is 2. The van der Waals surface area contributed by atoms with Gasteiger partial charge in [-0.05, 0) is 23.3 Å². The number of nitrogens with zero attached hydrogens (tertiary/aromatic N) is 1. The van der Waals surface area contributed by atoms with E-state index >= 15 is 0 Å². The second kappa shape index (κ2) is 6.82. The minimum Gasteiger partial charge on any atom is -0.341 e. The number of hydrogen-bond donors (Lipinski definition) is 1. The van der Waals surface area contributed by atoms with E-state index in [9.17, 15) is 22.8 Å². The summed E-state index contributed by atoms with van der Waals surface area (Å²) in [7, 11) is 1.44. The molecule has 0 saturated carbocycles. The first-order valence-corrected chi connectivity index (χ1v) is 8.06. The summed E-state index contributed by atoms with van der Waals surface area (Å²) in [5.41, 5.74) is 0.658. The van der Waals surface area contributed by atoms with Crippen molar-refractivity contribution in [1.82, 2.24) is 4.90 Å². The van der Waals surface area contributed by atoms with Crippen molar-refractivity contribution in [3.05, 3.63) is 65.2 Å². The normalized spacial score (nSPS) is 16.2. The fourth-order valence-corrected chi connectivity index (χ4v) is 3.09. The number of nitrogens with one attached hydrogen (secondary N) is 1. The second-order valence-corrected chi connectivity index (χ2v) is 6.24. The van der Waals surface area contributed by atoms with Crippen LogP contribution in [0.5, 0.6) is 0 Å². The molecule has 1 aliphatic rings. The van der Waals surface area contributed by atoms with Crippen molar-refractivity contribution in [3.63, 3.8) is 0 Å². The van der Waals surface area contributed by atoms with E-state index in [0.29, 0.717) is 5.69 Å². The van der Waals surface area contributed by atoms with E-state index < -0.39 is 17.7 Å². The van der Waals surface area contributed by atoms with Crippen LogP contribution in [0.25, 0.3) is 0 Å². The Morgan fingerprint density at radius 1 is 1.12 bits per heavy atom. The number of hydrogen-bond acceptors (Lipinski definition) is 2. The number of alkyl halides is 3. The lowest BCUT2D eigenvalue weighted by Gasteiger charge is -2.21. The van der Waals surface area contributed by atoms with Crippen LogP contribution in [0.4, 0.5) is 18.9 Å². The quantitative estimate of drug-likeness (QED) is 0.900. The minimum atomic E-state index is -4.48. The Hall–Kier alpha value is -2.83. The van der Waals surface area contributed by atoms with Gasteiger partial charge in [0.25, 0.3) is 0 Å². The largest absolute Gasteiger partial charge is 0.416 e. The Kier molecular flexibility index (Phi) is 4.71. The highest BCUT2D eigenvalue weighted by molar-refractivity contribution is 6.04. The standard InChI is InChI=1S/C19H17F3N2O2/c1-24(11-12-6-2-4-8-15(12)19(20,21)22)17(25)10-14-13-7-3-5-9-16(13)23-18(14)26/h2-9,14H,10-11H2,1H3,(H,23,26)/t14-/m0/s1. The van der Waals surface area contributed by atoms with Gasteiger partial charge in [0.2, 0.25) is 11.8 Å². The van der Waals surface area contributed by atoms with Gasteiger partial charge in [-0.1, -0.05) is 36.4 Å². The summed E-state index contributed by atoms with van der Waals surface area (Å²) in [4.78, 5) is 25.8. The maximum absolute atomic E-state index is 13.1. The first kappa shape index (κ1) is 18.0. The van der Waals surface area contributed by atoms with Crippen molar-refractivity contribution in [2.75, 3.05) is 12.4 Å². The van der Waals surface area contributed by atoms with Crippen LogP contribution in [0.2, 0.25) is 0 Å². The molecule has 0 spiro atoms. The number of amides is 2. The van der Waals surface area contributed by atoms with Gasteiger partial charge in [0, 0.05) is 25.7 Å². The van der Waals surface area contributed by atoms with Gasteiger partial charge in [-0.3, -0.25) is 9.59 Å². The molecule has 3 rings (SSSR count). The summed E-state index contributed by atoms with van der Waals surface area (Å²) in [6, 6.07) is 12.2. The van der Waals surface area contributed by atoms with E-state index in [1.165, 1.54) is 30.1 Å². The molecule has 1 N–H and O–H groups in total. The molecule has 2 aromatic carbocycles.